The molecule has 0 amide bonds. The third kappa shape index (κ3) is 3.05. The smallest absolute Gasteiger partial charge is 0.420 e. The van der Waals surface area contributed by atoms with Crippen molar-refractivity contribution >= 4 is 11.8 Å². The predicted octanol–water partition coefficient (Wildman–Crippen LogP) is 4.47. The summed E-state index contributed by atoms with van der Waals surface area (Å²) in [5.74, 6) is -0.305. The van der Waals surface area contributed by atoms with Crippen LogP contribution in [0.1, 0.15) is 5.56 Å². The van der Waals surface area contributed by atoms with Crippen LogP contribution in [0.3, 0.4) is 0 Å². The third-order valence-corrected chi connectivity index (χ3v) is 2.43. The fraction of sp³-hybridized carbons (Fsp3) is 0.0714. The van der Waals surface area contributed by atoms with Crippen LogP contribution >= 0.6 is 0 Å². The van der Waals surface area contributed by atoms with Gasteiger partial charge in [-0.2, -0.15) is 18.2 Å². The number of para-hydroxylation sites is 2. The van der Waals surface area contributed by atoms with Gasteiger partial charge in [0, 0.05) is 0 Å². The van der Waals surface area contributed by atoms with Crippen LogP contribution < -0.4 is 4.74 Å². The molecule has 0 fully saturated rings. The second kappa shape index (κ2) is 5.59. The number of rotatable bonds is 3. The first-order valence-electron chi connectivity index (χ1n) is 5.53. The molecule has 0 saturated carbocycles. The molecule has 102 valence electrons. The van der Waals surface area contributed by atoms with Crippen LogP contribution in [0.2, 0.25) is 0 Å². The first-order chi connectivity index (χ1) is 9.52. The quantitative estimate of drug-likeness (QED) is 0.614. The molecule has 2 rings (SSSR count). The minimum absolute atomic E-state index is 0.214. The summed E-state index contributed by atoms with van der Waals surface area (Å²) >= 11 is 0. The second-order valence-electron chi connectivity index (χ2n) is 3.77. The van der Waals surface area contributed by atoms with E-state index in [4.69, 9.17) is 4.74 Å². The highest BCUT2D eigenvalue weighted by molar-refractivity contribution is 5.62. The van der Waals surface area contributed by atoms with E-state index in [9.17, 15) is 18.0 Å². The highest BCUT2D eigenvalue weighted by Crippen LogP contribution is 2.43. The molecule has 0 aromatic heterocycles. The molecule has 2 aromatic carbocycles. The molecule has 3 nitrogen and oxygen atoms in total. The van der Waals surface area contributed by atoms with Crippen molar-refractivity contribution in [3.8, 4) is 11.5 Å². The van der Waals surface area contributed by atoms with Gasteiger partial charge >= 0.3 is 6.18 Å². The van der Waals surface area contributed by atoms with E-state index in [2.05, 4.69) is 4.99 Å². The molecule has 0 atom stereocenters. The number of nitrogens with zero attached hydrogens (tertiary/aromatic N) is 1. The fourth-order valence-corrected chi connectivity index (χ4v) is 1.60. The SMILES string of the molecule is O=C=Nc1cccc(C(F)(F)F)c1Oc1ccccc1. The lowest BCUT2D eigenvalue weighted by atomic mass is 10.1. The lowest BCUT2D eigenvalue weighted by molar-refractivity contribution is -0.138. The van der Waals surface area contributed by atoms with E-state index >= 15 is 0 Å². The Hall–Kier alpha value is -2.59. The van der Waals surface area contributed by atoms with Crippen molar-refractivity contribution in [2.45, 2.75) is 6.18 Å². The molecule has 0 aliphatic rings. The first-order valence-corrected chi connectivity index (χ1v) is 5.53. The average molecular weight is 279 g/mol. The standard InChI is InChI=1S/C14H8F3NO2/c15-14(16,17)11-7-4-8-12(18-9-19)13(11)20-10-5-2-1-3-6-10/h1-8H. The van der Waals surface area contributed by atoms with Crippen molar-refractivity contribution in [2.75, 3.05) is 0 Å². The number of alkyl halides is 3. The summed E-state index contributed by atoms with van der Waals surface area (Å²) in [7, 11) is 0. The molecule has 0 N–H and O–H groups in total. The molecule has 2 aromatic rings. The lowest BCUT2D eigenvalue weighted by Crippen LogP contribution is -2.07. The summed E-state index contributed by atoms with van der Waals surface area (Å²) in [6.07, 6.45) is -3.40. The molecule has 0 saturated heterocycles. The monoisotopic (exact) mass is 279 g/mol. The summed E-state index contributed by atoms with van der Waals surface area (Å²) in [5.41, 5.74) is -1.23. The maximum absolute atomic E-state index is 13.0. The Bertz CT molecular complexity index is 647. The Balaban J connectivity index is 2.55. The van der Waals surface area contributed by atoms with Crippen molar-refractivity contribution in [3.05, 3.63) is 54.1 Å². The van der Waals surface area contributed by atoms with Gasteiger partial charge in [-0.25, -0.2) is 4.79 Å². The Morgan fingerprint density at radius 3 is 2.30 bits per heavy atom. The van der Waals surface area contributed by atoms with Gasteiger partial charge in [-0.3, -0.25) is 0 Å². The summed E-state index contributed by atoms with van der Waals surface area (Å²) in [6.45, 7) is 0. The van der Waals surface area contributed by atoms with Gasteiger partial charge in [-0.05, 0) is 24.3 Å². The van der Waals surface area contributed by atoms with Crippen LogP contribution in [0.4, 0.5) is 18.9 Å². The maximum Gasteiger partial charge on any atom is 0.420 e. The number of hydrogen-bond acceptors (Lipinski definition) is 3. The van der Waals surface area contributed by atoms with E-state index in [-0.39, 0.29) is 11.4 Å². The topological polar surface area (TPSA) is 38.7 Å². The average Bonchev–Trinajstić information content (AvgIpc) is 2.41. The van der Waals surface area contributed by atoms with E-state index in [1.165, 1.54) is 24.3 Å². The van der Waals surface area contributed by atoms with E-state index in [0.717, 1.165) is 12.1 Å². The molecule has 0 spiro atoms. The minimum atomic E-state index is -4.61. The third-order valence-electron chi connectivity index (χ3n) is 2.43. The molecule has 0 aliphatic carbocycles. The number of hydrogen-bond donors (Lipinski definition) is 0. The zero-order chi connectivity index (χ0) is 14.6. The molecule has 0 aliphatic heterocycles. The van der Waals surface area contributed by atoms with Crippen molar-refractivity contribution in [1.82, 2.24) is 0 Å². The van der Waals surface area contributed by atoms with Gasteiger partial charge < -0.3 is 4.74 Å². The predicted molar refractivity (Wildman–Crippen MR) is 65.7 cm³/mol. The van der Waals surface area contributed by atoms with Gasteiger partial charge in [-0.1, -0.05) is 24.3 Å². The minimum Gasteiger partial charge on any atom is -0.454 e. The molecule has 6 heteroatoms. The van der Waals surface area contributed by atoms with Crippen LogP contribution in [0.5, 0.6) is 11.5 Å². The lowest BCUT2D eigenvalue weighted by Gasteiger charge is -2.14. The van der Waals surface area contributed by atoms with E-state index in [0.29, 0.717) is 0 Å². The van der Waals surface area contributed by atoms with Gasteiger partial charge in [-0.15, -0.1) is 0 Å². The zero-order valence-electron chi connectivity index (χ0n) is 10.0. The van der Waals surface area contributed by atoms with Crippen LogP contribution in [-0.4, -0.2) is 6.08 Å². The van der Waals surface area contributed by atoms with Gasteiger partial charge in [0.05, 0.1) is 0 Å². The summed E-state index contributed by atoms with van der Waals surface area (Å²) < 4.78 is 44.1. The van der Waals surface area contributed by atoms with Crippen LogP contribution in [-0.2, 0) is 11.0 Å². The molecule has 0 heterocycles. The van der Waals surface area contributed by atoms with Crippen molar-refractivity contribution in [3.63, 3.8) is 0 Å². The van der Waals surface area contributed by atoms with Crippen molar-refractivity contribution in [2.24, 2.45) is 4.99 Å². The summed E-state index contributed by atoms with van der Waals surface area (Å²) in [5, 5.41) is 0. The van der Waals surface area contributed by atoms with Gasteiger partial charge in [0.2, 0.25) is 6.08 Å². The van der Waals surface area contributed by atoms with Crippen molar-refractivity contribution in [1.29, 1.82) is 0 Å². The normalized spacial score (nSPS) is 10.8. The molecule has 0 bridgehead atoms. The van der Waals surface area contributed by atoms with Crippen LogP contribution in [0.25, 0.3) is 0 Å². The highest BCUT2D eigenvalue weighted by atomic mass is 19.4. The number of carbonyl (C=O) groups excluding carboxylic acids is 1. The summed E-state index contributed by atoms with van der Waals surface area (Å²) in [4.78, 5) is 13.6. The Kier molecular flexibility index (Phi) is 3.86. The Morgan fingerprint density at radius 1 is 1.00 bits per heavy atom. The Morgan fingerprint density at radius 2 is 1.70 bits per heavy atom. The molecular formula is C14H8F3NO2. The van der Waals surface area contributed by atoms with Gasteiger partial charge in [0.15, 0.2) is 5.75 Å². The number of benzene rings is 2. The van der Waals surface area contributed by atoms with Crippen LogP contribution in [0, 0.1) is 0 Å². The number of aliphatic imine (C=N–C) groups is 1. The number of halogens is 3. The number of ether oxygens (including phenoxy) is 1. The molecule has 0 radical (unpaired) electrons. The molecule has 0 unspecified atom stereocenters. The van der Waals surface area contributed by atoms with Crippen molar-refractivity contribution < 1.29 is 22.7 Å². The van der Waals surface area contributed by atoms with E-state index in [1.54, 1.807) is 18.2 Å². The largest absolute Gasteiger partial charge is 0.454 e. The Labute approximate surface area is 112 Å². The molecular weight excluding hydrogens is 271 g/mol. The maximum atomic E-state index is 13.0. The molecule has 20 heavy (non-hydrogen) atoms. The fourth-order valence-electron chi connectivity index (χ4n) is 1.60. The number of isocyanates is 1. The first kappa shape index (κ1) is 13.8. The van der Waals surface area contributed by atoms with E-state index in [1.807, 2.05) is 0 Å². The summed E-state index contributed by atoms with van der Waals surface area (Å²) in [6, 6.07) is 11.2. The van der Waals surface area contributed by atoms with Gasteiger partial charge in [0.1, 0.15) is 17.0 Å². The van der Waals surface area contributed by atoms with Gasteiger partial charge in [0.25, 0.3) is 0 Å². The highest BCUT2D eigenvalue weighted by Gasteiger charge is 2.35. The van der Waals surface area contributed by atoms with Crippen LogP contribution in [0.15, 0.2) is 53.5 Å². The van der Waals surface area contributed by atoms with E-state index < -0.39 is 17.5 Å². The zero-order valence-corrected chi connectivity index (χ0v) is 10.0. The second-order valence-corrected chi connectivity index (χ2v) is 3.77.